The van der Waals surface area contributed by atoms with E-state index in [1.54, 1.807) is 0 Å². The molecule has 1 saturated carbocycles. The van der Waals surface area contributed by atoms with Crippen LogP contribution in [0.15, 0.2) is 53.4 Å². The molecule has 0 unspecified atom stereocenters. The standard InChI is InChI=1S/C22H23F3N2O6S/c23-22(24,25)33-18-5-3-16(4-6-18)32-17-7-9-19(10-8-17)34(30,31)21(11-13-26-14-12-21)20(28)27(29)15-1-2-15/h3-10,15,26,29H,1-2,11-14H2. The molecule has 1 aliphatic carbocycles. The summed E-state index contributed by atoms with van der Waals surface area (Å²) in [6.45, 7) is 0.636. The summed E-state index contributed by atoms with van der Waals surface area (Å²) in [7, 11) is -4.16. The van der Waals surface area contributed by atoms with Crippen molar-refractivity contribution < 1.29 is 41.1 Å². The highest BCUT2D eigenvalue weighted by molar-refractivity contribution is 7.93. The zero-order valence-corrected chi connectivity index (χ0v) is 18.7. The van der Waals surface area contributed by atoms with Gasteiger partial charge in [-0.05, 0) is 87.3 Å². The number of carbonyl (C=O) groups is 1. The number of halogens is 3. The summed E-state index contributed by atoms with van der Waals surface area (Å²) in [5.74, 6) is -0.744. The van der Waals surface area contributed by atoms with E-state index >= 15 is 0 Å². The number of hydrogen-bond acceptors (Lipinski definition) is 7. The molecule has 2 fully saturated rings. The number of rotatable bonds is 7. The van der Waals surface area contributed by atoms with Gasteiger partial charge in [0.1, 0.15) is 17.2 Å². The van der Waals surface area contributed by atoms with Crippen molar-refractivity contribution >= 4 is 15.7 Å². The van der Waals surface area contributed by atoms with Gasteiger partial charge in [-0.2, -0.15) is 0 Å². The lowest BCUT2D eigenvalue weighted by Crippen LogP contribution is -2.58. The maximum Gasteiger partial charge on any atom is 0.573 e. The van der Waals surface area contributed by atoms with E-state index in [1.807, 2.05) is 0 Å². The minimum absolute atomic E-state index is 0.0303. The minimum Gasteiger partial charge on any atom is -0.457 e. The summed E-state index contributed by atoms with van der Waals surface area (Å²) >= 11 is 0. The highest BCUT2D eigenvalue weighted by Crippen LogP contribution is 2.39. The third-order valence-electron chi connectivity index (χ3n) is 5.84. The fourth-order valence-electron chi connectivity index (χ4n) is 3.88. The zero-order chi connectivity index (χ0) is 24.6. The smallest absolute Gasteiger partial charge is 0.457 e. The molecule has 0 atom stereocenters. The normalized spacial score (nSPS) is 18.2. The molecule has 8 nitrogen and oxygen atoms in total. The first-order chi connectivity index (χ1) is 16.0. The maximum absolute atomic E-state index is 13.6. The predicted molar refractivity (Wildman–Crippen MR) is 113 cm³/mol. The second kappa shape index (κ2) is 9.08. The molecule has 184 valence electrons. The molecule has 1 saturated heterocycles. The number of nitrogens with one attached hydrogen (secondary N) is 1. The number of nitrogens with zero attached hydrogens (tertiary/aromatic N) is 1. The van der Waals surface area contributed by atoms with Gasteiger partial charge < -0.3 is 14.8 Å². The van der Waals surface area contributed by atoms with Gasteiger partial charge in [-0.1, -0.05) is 0 Å². The van der Waals surface area contributed by atoms with E-state index in [0.29, 0.717) is 31.0 Å². The first-order valence-electron chi connectivity index (χ1n) is 10.6. The van der Waals surface area contributed by atoms with E-state index in [9.17, 15) is 31.6 Å². The van der Waals surface area contributed by atoms with E-state index in [-0.39, 0.29) is 35.3 Å². The van der Waals surface area contributed by atoms with E-state index in [4.69, 9.17) is 4.74 Å². The summed E-state index contributed by atoms with van der Waals surface area (Å²) in [6.07, 6.45) is -3.48. The highest BCUT2D eigenvalue weighted by Gasteiger charge is 2.55. The number of hydroxylamine groups is 2. The van der Waals surface area contributed by atoms with Gasteiger partial charge in [-0.3, -0.25) is 10.0 Å². The number of carbonyl (C=O) groups excluding carboxylic acids is 1. The number of ether oxygens (including phenoxy) is 2. The van der Waals surface area contributed by atoms with Crippen LogP contribution in [0.3, 0.4) is 0 Å². The summed E-state index contributed by atoms with van der Waals surface area (Å²) in [4.78, 5) is 13.0. The summed E-state index contributed by atoms with van der Waals surface area (Å²) in [5.41, 5.74) is 0. The van der Waals surface area contributed by atoms with Gasteiger partial charge in [0, 0.05) is 0 Å². The lowest BCUT2D eigenvalue weighted by Gasteiger charge is -2.37. The van der Waals surface area contributed by atoms with Crippen molar-refractivity contribution in [2.24, 2.45) is 0 Å². The van der Waals surface area contributed by atoms with E-state index in [0.717, 1.165) is 12.1 Å². The van der Waals surface area contributed by atoms with Gasteiger partial charge >= 0.3 is 6.36 Å². The predicted octanol–water partition coefficient (Wildman–Crippen LogP) is 3.65. The van der Waals surface area contributed by atoms with Gasteiger partial charge in [-0.15, -0.1) is 13.2 Å². The number of alkyl halides is 3. The van der Waals surface area contributed by atoms with Gasteiger partial charge in [0.2, 0.25) is 0 Å². The number of amides is 1. The Labute approximate surface area is 194 Å². The second-order valence-electron chi connectivity index (χ2n) is 8.22. The Morgan fingerprint density at radius 2 is 1.47 bits per heavy atom. The fraction of sp³-hybridized carbons (Fsp3) is 0.409. The number of benzene rings is 2. The molecule has 2 N–H and O–H groups in total. The van der Waals surface area contributed by atoms with Crippen molar-refractivity contribution in [3.8, 4) is 17.2 Å². The molecule has 0 bridgehead atoms. The zero-order valence-electron chi connectivity index (χ0n) is 17.9. The molecule has 4 rings (SSSR count). The molecule has 2 aromatic rings. The number of sulfone groups is 1. The lowest BCUT2D eigenvalue weighted by molar-refractivity contribution is -0.274. The molecule has 0 radical (unpaired) electrons. The average molecular weight is 500 g/mol. The maximum atomic E-state index is 13.6. The summed E-state index contributed by atoms with van der Waals surface area (Å²) < 4.78 is 71.6. The SMILES string of the molecule is O=C(N(O)C1CC1)C1(S(=O)(=O)c2ccc(Oc3ccc(OC(F)(F)F)cc3)cc2)CCNCC1. The molecule has 1 amide bonds. The van der Waals surface area contributed by atoms with Crippen LogP contribution in [0.4, 0.5) is 13.2 Å². The molecule has 2 aliphatic rings. The molecule has 34 heavy (non-hydrogen) atoms. The number of hydrogen-bond donors (Lipinski definition) is 2. The molecular formula is C22H23F3N2O6S. The van der Waals surface area contributed by atoms with Gasteiger partial charge in [-0.25, -0.2) is 13.5 Å². The van der Waals surface area contributed by atoms with Crippen LogP contribution in [0, 0.1) is 0 Å². The quantitative estimate of drug-likeness (QED) is 0.442. The molecule has 1 aliphatic heterocycles. The van der Waals surface area contributed by atoms with Gasteiger partial charge in [0.15, 0.2) is 14.6 Å². The Bertz CT molecular complexity index is 1130. The van der Waals surface area contributed by atoms with Crippen molar-refractivity contribution in [1.29, 1.82) is 0 Å². The van der Waals surface area contributed by atoms with Crippen LogP contribution < -0.4 is 14.8 Å². The van der Waals surface area contributed by atoms with Crippen molar-refractivity contribution in [3.63, 3.8) is 0 Å². The Hall–Kier alpha value is -2.83. The molecule has 0 aromatic heterocycles. The topological polar surface area (TPSA) is 105 Å². The second-order valence-corrected chi connectivity index (χ2v) is 10.5. The van der Waals surface area contributed by atoms with E-state index in [1.165, 1.54) is 36.4 Å². The Morgan fingerprint density at radius 3 is 1.97 bits per heavy atom. The van der Waals surface area contributed by atoms with Crippen LogP contribution in [0.25, 0.3) is 0 Å². The summed E-state index contributed by atoms with van der Waals surface area (Å²) in [6, 6.07) is 9.79. The van der Waals surface area contributed by atoms with Crippen molar-refractivity contribution in [1.82, 2.24) is 10.4 Å². The summed E-state index contributed by atoms with van der Waals surface area (Å²) in [5, 5.41) is 13.9. The van der Waals surface area contributed by atoms with Gasteiger partial charge in [0.05, 0.1) is 10.9 Å². The van der Waals surface area contributed by atoms with Crippen LogP contribution in [-0.2, 0) is 14.6 Å². The molecule has 2 aromatic carbocycles. The van der Waals surface area contributed by atoms with Crippen molar-refractivity contribution in [3.05, 3.63) is 48.5 Å². The Balaban J connectivity index is 1.53. The first kappa shape index (κ1) is 24.3. The average Bonchev–Trinajstić information content (AvgIpc) is 3.65. The number of piperidine rings is 1. The Kier molecular flexibility index (Phi) is 6.49. The van der Waals surface area contributed by atoms with Crippen LogP contribution in [-0.4, -0.2) is 54.8 Å². The molecular weight excluding hydrogens is 477 g/mol. The van der Waals surface area contributed by atoms with Crippen molar-refractivity contribution in [2.45, 2.75) is 47.7 Å². The largest absolute Gasteiger partial charge is 0.573 e. The lowest BCUT2D eigenvalue weighted by atomic mass is 9.95. The van der Waals surface area contributed by atoms with Crippen molar-refractivity contribution in [2.75, 3.05) is 13.1 Å². The molecule has 12 heteroatoms. The van der Waals surface area contributed by atoms with Crippen LogP contribution >= 0.6 is 0 Å². The van der Waals surface area contributed by atoms with Crippen LogP contribution in [0.2, 0.25) is 0 Å². The van der Waals surface area contributed by atoms with Gasteiger partial charge in [0.25, 0.3) is 5.91 Å². The third-order valence-corrected chi connectivity index (χ3v) is 8.35. The van der Waals surface area contributed by atoms with E-state index in [2.05, 4.69) is 10.1 Å². The third kappa shape index (κ3) is 4.98. The first-order valence-corrected chi connectivity index (χ1v) is 12.1. The van der Waals surface area contributed by atoms with Crippen LogP contribution in [0.5, 0.6) is 17.2 Å². The Morgan fingerprint density at radius 1 is 0.971 bits per heavy atom. The van der Waals surface area contributed by atoms with E-state index < -0.39 is 32.6 Å². The van der Waals surface area contributed by atoms with Crippen LogP contribution in [0.1, 0.15) is 25.7 Å². The highest BCUT2D eigenvalue weighted by atomic mass is 32.2. The fourth-order valence-corrected chi connectivity index (χ4v) is 5.89. The molecule has 0 spiro atoms. The minimum atomic E-state index is -4.80. The monoisotopic (exact) mass is 500 g/mol. The molecule has 1 heterocycles.